The van der Waals surface area contributed by atoms with Crippen molar-refractivity contribution in [2.75, 3.05) is 32.7 Å². The molecular weight excluding hydrogens is 370 g/mol. The van der Waals surface area contributed by atoms with E-state index in [1.807, 2.05) is 0 Å². The predicted molar refractivity (Wildman–Crippen MR) is 131 cm³/mol. The number of carbonyl (C=O) groups excluding carboxylic acids is 1. The fourth-order valence-corrected chi connectivity index (χ4v) is 4.51. The minimum absolute atomic E-state index is 0.0670. The first-order chi connectivity index (χ1) is 14.6. The maximum Gasteiger partial charge on any atom is 0.217 e. The quantitative estimate of drug-likeness (QED) is 0.146. The molecule has 174 valence electrons. The van der Waals surface area contributed by atoms with Crippen LogP contribution in [0, 0.1) is 0 Å². The number of amides is 1. The van der Waals surface area contributed by atoms with E-state index in [0.717, 1.165) is 43.6 Å². The summed E-state index contributed by atoms with van der Waals surface area (Å²) in [5, 5.41) is 2.96. The molecule has 0 aromatic heterocycles. The van der Waals surface area contributed by atoms with Gasteiger partial charge in [-0.3, -0.25) is 9.28 Å². The van der Waals surface area contributed by atoms with Gasteiger partial charge in [0.25, 0.3) is 0 Å². The summed E-state index contributed by atoms with van der Waals surface area (Å²) in [6.45, 7) is 11.0. The van der Waals surface area contributed by atoms with Crippen LogP contribution in [0.15, 0.2) is 17.1 Å². The fraction of sp³-hybridized carbons (Fsp3) is 0.846. The van der Waals surface area contributed by atoms with E-state index in [2.05, 4.69) is 31.3 Å². The van der Waals surface area contributed by atoms with Crippen LogP contribution in [0.25, 0.3) is 0 Å². The average Bonchev–Trinajstić information content (AvgIpc) is 3.13. The maximum atomic E-state index is 11.2. The van der Waals surface area contributed by atoms with Gasteiger partial charge in [0.2, 0.25) is 5.91 Å². The van der Waals surface area contributed by atoms with Crippen molar-refractivity contribution in [2.24, 2.45) is 4.99 Å². The van der Waals surface area contributed by atoms with Crippen LogP contribution < -0.4 is 5.32 Å². The largest absolute Gasteiger partial charge is 0.351 e. The summed E-state index contributed by atoms with van der Waals surface area (Å²) in [5.41, 5.74) is 0. The molecule has 1 unspecified atom stereocenters. The van der Waals surface area contributed by atoms with Crippen LogP contribution in [-0.2, 0) is 4.79 Å². The Kier molecular flexibility index (Phi) is 15.7. The Hall–Kier alpha value is -1.16. The molecule has 1 heterocycles. The molecule has 4 heteroatoms. The number of nitrogens with zero attached hydrogens (tertiary/aromatic N) is 2. The third kappa shape index (κ3) is 11.9. The normalized spacial score (nSPS) is 18.8. The summed E-state index contributed by atoms with van der Waals surface area (Å²) in [6, 6.07) is 0. The monoisotopic (exact) mass is 420 g/mol. The number of amidine groups is 1. The van der Waals surface area contributed by atoms with Gasteiger partial charge in [-0.1, -0.05) is 70.4 Å². The molecule has 30 heavy (non-hydrogen) atoms. The number of likely N-dealkylation sites (N-methyl/N-ethyl adjacent to an activating group) is 1. The van der Waals surface area contributed by atoms with Crippen LogP contribution in [0.1, 0.15) is 111 Å². The molecule has 1 N–H and O–H groups in total. The molecule has 0 aromatic carbocycles. The smallest absolute Gasteiger partial charge is 0.217 e. The summed E-state index contributed by atoms with van der Waals surface area (Å²) in [4.78, 5) is 16.0. The van der Waals surface area contributed by atoms with Gasteiger partial charge in [-0.15, -0.1) is 0 Å². The third-order valence-corrected chi connectivity index (χ3v) is 6.55. The van der Waals surface area contributed by atoms with Gasteiger partial charge in [-0.05, 0) is 39.0 Å². The zero-order valence-corrected chi connectivity index (χ0v) is 20.4. The van der Waals surface area contributed by atoms with Crippen molar-refractivity contribution < 1.29 is 9.28 Å². The number of hydrogen-bond acceptors (Lipinski definition) is 2. The van der Waals surface area contributed by atoms with E-state index < -0.39 is 0 Å². The molecule has 4 nitrogen and oxygen atoms in total. The Bertz CT molecular complexity index is 501. The van der Waals surface area contributed by atoms with Gasteiger partial charge < -0.3 is 5.32 Å². The van der Waals surface area contributed by atoms with Crippen molar-refractivity contribution in [2.45, 2.75) is 111 Å². The first-order valence-electron chi connectivity index (χ1n) is 12.9. The minimum Gasteiger partial charge on any atom is -0.351 e. The first kappa shape index (κ1) is 26.9. The Balaban J connectivity index is 2.03. The molecule has 1 aliphatic rings. The lowest BCUT2D eigenvalue weighted by Crippen LogP contribution is -2.54. The van der Waals surface area contributed by atoms with Crippen LogP contribution >= 0.6 is 0 Å². The van der Waals surface area contributed by atoms with Crippen LogP contribution in [0.4, 0.5) is 0 Å². The highest BCUT2D eigenvalue weighted by atomic mass is 16.1. The molecule has 1 amide bonds. The average molecular weight is 421 g/mol. The van der Waals surface area contributed by atoms with Crippen LogP contribution in [-0.4, -0.2) is 48.9 Å². The van der Waals surface area contributed by atoms with Crippen LogP contribution in [0.2, 0.25) is 0 Å². The highest BCUT2D eigenvalue weighted by Gasteiger charge is 2.35. The fourth-order valence-electron chi connectivity index (χ4n) is 4.51. The Morgan fingerprint density at radius 3 is 2.13 bits per heavy atom. The number of allylic oxidation sites excluding steroid dienone is 2. The van der Waals surface area contributed by atoms with Crippen molar-refractivity contribution in [3.05, 3.63) is 12.2 Å². The SMILES string of the molecule is CCCCCCCCCC/C=C/CCCCCC1=NCC[N+]1(CC)CCNC(C)=O. The molecule has 0 radical (unpaired) electrons. The second-order valence-electron chi connectivity index (χ2n) is 9.02. The van der Waals surface area contributed by atoms with E-state index in [4.69, 9.17) is 4.99 Å². The highest BCUT2D eigenvalue weighted by molar-refractivity contribution is 5.77. The second kappa shape index (κ2) is 17.5. The van der Waals surface area contributed by atoms with Crippen LogP contribution in [0.5, 0.6) is 0 Å². The lowest BCUT2D eigenvalue weighted by atomic mass is 10.1. The molecule has 0 fully saturated rings. The number of rotatable bonds is 19. The van der Waals surface area contributed by atoms with Gasteiger partial charge >= 0.3 is 0 Å². The molecule has 0 bridgehead atoms. The number of nitrogens with one attached hydrogen (secondary N) is 1. The zero-order chi connectivity index (χ0) is 21.9. The summed E-state index contributed by atoms with van der Waals surface area (Å²) < 4.78 is 0.985. The predicted octanol–water partition coefficient (Wildman–Crippen LogP) is 6.41. The third-order valence-electron chi connectivity index (χ3n) is 6.55. The summed E-state index contributed by atoms with van der Waals surface area (Å²) in [5.74, 6) is 1.44. The summed E-state index contributed by atoms with van der Waals surface area (Å²) in [6.07, 6.45) is 23.5. The second-order valence-corrected chi connectivity index (χ2v) is 9.02. The molecule has 0 aliphatic carbocycles. The highest BCUT2D eigenvalue weighted by Crippen LogP contribution is 2.19. The standard InChI is InChI=1S/C26H49N3O/c1-4-6-7-8-9-10-11-12-13-14-15-16-17-18-19-20-26-28-22-24-29(26,5-2)23-21-27-25(3)30/h14-15H,4-13,16-24H2,1-3H3/p+1/b15-14+. The lowest BCUT2D eigenvalue weighted by Gasteiger charge is -2.33. The van der Waals surface area contributed by atoms with Gasteiger partial charge in [-0.2, -0.15) is 0 Å². The molecule has 1 atom stereocenters. The molecule has 0 spiro atoms. The van der Waals surface area contributed by atoms with Crippen LogP contribution in [0.3, 0.4) is 0 Å². The van der Waals surface area contributed by atoms with Gasteiger partial charge in [0, 0.05) is 13.3 Å². The van der Waals surface area contributed by atoms with Crippen molar-refractivity contribution in [1.29, 1.82) is 0 Å². The molecule has 0 aromatic rings. The molecule has 0 saturated carbocycles. The number of carbonyl (C=O) groups is 1. The zero-order valence-electron chi connectivity index (χ0n) is 20.4. The molecular formula is C26H50N3O+. The van der Waals surface area contributed by atoms with E-state index >= 15 is 0 Å². The molecule has 0 saturated heterocycles. The van der Waals surface area contributed by atoms with Crippen molar-refractivity contribution >= 4 is 11.7 Å². The Morgan fingerprint density at radius 2 is 1.53 bits per heavy atom. The number of hydrogen-bond donors (Lipinski definition) is 1. The number of unbranched alkanes of at least 4 members (excludes halogenated alkanes) is 11. The van der Waals surface area contributed by atoms with Gasteiger partial charge in [0.1, 0.15) is 13.1 Å². The van der Waals surface area contributed by atoms with Gasteiger partial charge in [0.15, 0.2) is 5.84 Å². The lowest BCUT2D eigenvalue weighted by molar-refractivity contribution is -0.833. The van der Waals surface area contributed by atoms with Gasteiger partial charge in [0.05, 0.1) is 19.6 Å². The van der Waals surface area contributed by atoms with E-state index in [1.165, 1.54) is 89.3 Å². The molecule has 1 aliphatic heterocycles. The Morgan fingerprint density at radius 1 is 0.933 bits per heavy atom. The van der Waals surface area contributed by atoms with E-state index in [1.54, 1.807) is 6.92 Å². The minimum atomic E-state index is 0.0670. The molecule has 1 rings (SSSR count). The number of aliphatic imine (C=N–C) groups is 1. The van der Waals surface area contributed by atoms with Crippen molar-refractivity contribution in [1.82, 2.24) is 5.32 Å². The van der Waals surface area contributed by atoms with Crippen molar-refractivity contribution in [3.63, 3.8) is 0 Å². The van der Waals surface area contributed by atoms with E-state index in [9.17, 15) is 4.79 Å². The van der Waals surface area contributed by atoms with Crippen molar-refractivity contribution in [3.8, 4) is 0 Å². The maximum absolute atomic E-state index is 11.2. The Labute approximate surface area is 187 Å². The summed E-state index contributed by atoms with van der Waals surface area (Å²) in [7, 11) is 0. The summed E-state index contributed by atoms with van der Waals surface area (Å²) >= 11 is 0. The first-order valence-corrected chi connectivity index (χ1v) is 12.9. The topological polar surface area (TPSA) is 41.5 Å². The van der Waals surface area contributed by atoms with Gasteiger partial charge in [-0.25, -0.2) is 4.99 Å². The van der Waals surface area contributed by atoms with E-state index in [0.29, 0.717) is 0 Å². The van der Waals surface area contributed by atoms with E-state index in [-0.39, 0.29) is 5.91 Å². The number of quaternary nitrogens is 1.